The van der Waals surface area contributed by atoms with E-state index in [0.717, 1.165) is 11.2 Å². The van der Waals surface area contributed by atoms with Gasteiger partial charge in [-0.25, -0.2) is 0 Å². The van der Waals surface area contributed by atoms with Gasteiger partial charge in [0.2, 0.25) is 0 Å². The van der Waals surface area contributed by atoms with Crippen LogP contribution in [0.4, 0.5) is 0 Å². The molecule has 6 aromatic carbocycles. The third kappa shape index (κ3) is 1.86. The number of aromatic nitrogens is 1. The Bertz CT molecular complexity index is 1970. The zero-order chi connectivity index (χ0) is 20.8. The number of rotatable bonds is 1. The maximum Gasteiger partial charge on any atom is 0.136 e. The van der Waals surface area contributed by atoms with Crippen LogP contribution in [0.3, 0.4) is 0 Å². The molecule has 0 atom stereocenters. The van der Waals surface area contributed by atoms with E-state index < -0.39 is 0 Å². The van der Waals surface area contributed by atoms with Crippen LogP contribution < -0.4 is 0 Å². The first-order valence-corrected chi connectivity index (χ1v) is 11.0. The summed E-state index contributed by atoms with van der Waals surface area (Å²) in [6.07, 6.45) is 0. The van der Waals surface area contributed by atoms with Gasteiger partial charge in [-0.2, -0.15) is 0 Å². The van der Waals surface area contributed by atoms with Crippen LogP contribution in [0.25, 0.3) is 71.0 Å². The van der Waals surface area contributed by atoms with Gasteiger partial charge in [0.15, 0.2) is 0 Å². The molecule has 2 heteroatoms. The molecule has 2 nitrogen and oxygen atoms in total. The second kappa shape index (κ2) is 5.68. The molecule has 32 heavy (non-hydrogen) atoms. The molecule has 0 unspecified atom stereocenters. The molecule has 0 N–H and O–H groups in total. The summed E-state index contributed by atoms with van der Waals surface area (Å²) in [6, 6.07) is 36.9. The van der Waals surface area contributed by atoms with Crippen LogP contribution in [0.2, 0.25) is 0 Å². The first-order chi connectivity index (χ1) is 15.9. The predicted molar refractivity (Wildman–Crippen MR) is 134 cm³/mol. The molecular weight excluding hydrogens is 390 g/mol. The van der Waals surface area contributed by atoms with E-state index in [9.17, 15) is 0 Å². The lowest BCUT2D eigenvalue weighted by Gasteiger charge is -2.07. The van der Waals surface area contributed by atoms with Crippen molar-refractivity contribution in [1.29, 1.82) is 0 Å². The molecule has 0 bridgehead atoms. The lowest BCUT2D eigenvalue weighted by atomic mass is 9.95. The van der Waals surface area contributed by atoms with Crippen LogP contribution in [-0.4, -0.2) is 4.57 Å². The number of hydrogen-bond acceptors (Lipinski definition) is 1. The Balaban J connectivity index is 1.83. The van der Waals surface area contributed by atoms with Gasteiger partial charge in [0, 0.05) is 27.2 Å². The van der Waals surface area contributed by atoms with Gasteiger partial charge in [0.05, 0.1) is 11.0 Å². The van der Waals surface area contributed by atoms with Crippen LogP contribution in [0, 0.1) is 0 Å². The molecule has 8 aromatic rings. The Kier molecular flexibility index (Phi) is 2.91. The fourth-order valence-electron chi connectivity index (χ4n) is 5.71. The predicted octanol–water partition coefficient (Wildman–Crippen LogP) is 8.43. The minimum Gasteiger partial charge on any atom is -0.456 e. The summed E-state index contributed by atoms with van der Waals surface area (Å²) in [7, 11) is 0. The summed E-state index contributed by atoms with van der Waals surface area (Å²) in [5.74, 6) is 0. The van der Waals surface area contributed by atoms with E-state index in [4.69, 9.17) is 4.42 Å². The number of fused-ring (bicyclic) bond motifs is 3. The number of nitrogens with zero attached hydrogens (tertiary/aromatic N) is 1. The molecule has 0 saturated heterocycles. The standard InChI is InChI=1S/C30H17NO/c1-2-8-18(9-3-1)31-23-14-6-12-21-19-10-4-5-11-20(19)22-13-7-15-25-28(22)30-26(32-25)17-16-24(31)29(30)27(21)23/h1-17H. The van der Waals surface area contributed by atoms with Gasteiger partial charge in [0.25, 0.3) is 0 Å². The Morgan fingerprint density at radius 1 is 0.406 bits per heavy atom. The second-order valence-corrected chi connectivity index (χ2v) is 8.53. The molecule has 0 aliphatic rings. The highest BCUT2D eigenvalue weighted by atomic mass is 16.3. The Labute approximate surface area is 183 Å². The van der Waals surface area contributed by atoms with Gasteiger partial charge in [0.1, 0.15) is 11.2 Å². The maximum atomic E-state index is 6.40. The fraction of sp³-hybridized carbons (Fsp3) is 0. The molecule has 0 spiro atoms. The van der Waals surface area contributed by atoms with Crippen molar-refractivity contribution in [1.82, 2.24) is 4.57 Å². The van der Waals surface area contributed by atoms with Crippen molar-refractivity contribution in [2.45, 2.75) is 0 Å². The normalized spacial score (nSPS) is 12.4. The molecule has 148 valence electrons. The number of furan rings is 1. The second-order valence-electron chi connectivity index (χ2n) is 8.53. The molecule has 2 heterocycles. The largest absolute Gasteiger partial charge is 0.456 e. The van der Waals surface area contributed by atoms with Crippen molar-refractivity contribution >= 4 is 65.3 Å². The van der Waals surface area contributed by atoms with Crippen molar-refractivity contribution in [3.8, 4) is 5.69 Å². The molecule has 0 saturated carbocycles. The minimum absolute atomic E-state index is 0.944. The summed E-state index contributed by atoms with van der Waals surface area (Å²) < 4.78 is 8.79. The molecule has 8 rings (SSSR count). The third-order valence-electron chi connectivity index (χ3n) is 6.94. The number of benzene rings is 5. The van der Waals surface area contributed by atoms with Crippen LogP contribution in [0.5, 0.6) is 0 Å². The van der Waals surface area contributed by atoms with Crippen LogP contribution in [-0.2, 0) is 0 Å². The van der Waals surface area contributed by atoms with Gasteiger partial charge in [-0.3, -0.25) is 0 Å². The molecular formula is C30H17NO. The first kappa shape index (κ1) is 16.4. The van der Waals surface area contributed by atoms with Crippen LogP contribution in [0.15, 0.2) is 108 Å². The van der Waals surface area contributed by atoms with E-state index >= 15 is 0 Å². The van der Waals surface area contributed by atoms with Crippen molar-refractivity contribution < 1.29 is 4.42 Å². The van der Waals surface area contributed by atoms with Gasteiger partial charge in [-0.15, -0.1) is 0 Å². The smallest absolute Gasteiger partial charge is 0.136 e. The van der Waals surface area contributed by atoms with Crippen LogP contribution >= 0.6 is 0 Å². The van der Waals surface area contributed by atoms with Crippen LogP contribution in [0.1, 0.15) is 0 Å². The SMILES string of the molecule is c1ccc(-n2c3cccc4c5ccccc5c5cccc6oc7ccc2c(c7c65)c43)cc1. The minimum atomic E-state index is 0.944. The van der Waals surface area contributed by atoms with Crippen molar-refractivity contribution in [3.63, 3.8) is 0 Å². The fourth-order valence-corrected chi connectivity index (χ4v) is 5.71. The first-order valence-electron chi connectivity index (χ1n) is 11.0. The molecule has 0 aliphatic carbocycles. The number of hydrogen-bond donors (Lipinski definition) is 0. The summed E-state index contributed by atoms with van der Waals surface area (Å²) in [4.78, 5) is 0. The van der Waals surface area contributed by atoms with Gasteiger partial charge < -0.3 is 8.98 Å². The Morgan fingerprint density at radius 3 is 1.84 bits per heavy atom. The quantitative estimate of drug-likeness (QED) is 0.267. The zero-order valence-corrected chi connectivity index (χ0v) is 17.2. The summed E-state index contributed by atoms with van der Waals surface area (Å²) in [5.41, 5.74) is 5.49. The van der Waals surface area contributed by atoms with Gasteiger partial charge >= 0.3 is 0 Å². The van der Waals surface area contributed by atoms with Gasteiger partial charge in [-0.1, -0.05) is 66.7 Å². The van der Waals surface area contributed by atoms with Gasteiger partial charge in [-0.05, 0) is 57.9 Å². The highest BCUT2D eigenvalue weighted by molar-refractivity contribution is 6.38. The molecule has 0 aliphatic heterocycles. The summed E-state index contributed by atoms with van der Waals surface area (Å²) >= 11 is 0. The summed E-state index contributed by atoms with van der Waals surface area (Å²) in [6.45, 7) is 0. The molecule has 0 amide bonds. The van der Waals surface area contributed by atoms with E-state index in [1.807, 2.05) is 0 Å². The highest BCUT2D eigenvalue weighted by Gasteiger charge is 2.22. The lowest BCUT2D eigenvalue weighted by Crippen LogP contribution is -1.92. The number of para-hydroxylation sites is 1. The lowest BCUT2D eigenvalue weighted by molar-refractivity contribution is 0.669. The van der Waals surface area contributed by atoms with E-state index in [-0.39, 0.29) is 0 Å². The van der Waals surface area contributed by atoms with Crippen molar-refractivity contribution in [3.05, 3.63) is 103 Å². The van der Waals surface area contributed by atoms with E-state index in [0.29, 0.717) is 0 Å². The third-order valence-corrected chi connectivity index (χ3v) is 6.94. The van der Waals surface area contributed by atoms with E-state index in [2.05, 4.69) is 108 Å². The Hall–Kier alpha value is -4.30. The van der Waals surface area contributed by atoms with Crippen molar-refractivity contribution in [2.24, 2.45) is 0 Å². The molecule has 2 aromatic heterocycles. The topological polar surface area (TPSA) is 18.1 Å². The zero-order valence-electron chi connectivity index (χ0n) is 17.2. The Morgan fingerprint density at radius 2 is 1.03 bits per heavy atom. The summed E-state index contributed by atoms with van der Waals surface area (Å²) in [5, 5.41) is 10.0. The average molecular weight is 407 g/mol. The van der Waals surface area contributed by atoms with E-state index in [1.54, 1.807) is 0 Å². The van der Waals surface area contributed by atoms with E-state index in [1.165, 1.54) is 59.8 Å². The molecule has 0 fully saturated rings. The maximum absolute atomic E-state index is 6.40. The average Bonchev–Trinajstić information content (AvgIpc) is 3.39. The molecule has 0 radical (unpaired) electrons. The monoisotopic (exact) mass is 407 g/mol. The highest BCUT2D eigenvalue weighted by Crippen LogP contribution is 2.46. The van der Waals surface area contributed by atoms with Crippen molar-refractivity contribution in [2.75, 3.05) is 0 Å².